The zero-order chi connectivity index (χ0) is 12.1. The second-order valence-electron chi connectivity index (χ2n) is 3.84. The summed E-state index contributed by atoms with van der Waals surface area (Å²) in [4.78, 5) is 4.50. The molecule has 0 atom stereocenters. The largest absolute Gasteiger partial charge is 0.487 e. The lowest BCUT2D eigenvalue weighted by Crippen LogP contribution is -1.96. The first-order valence-electron chi connectivity index (χ1n) is 5.69. The van der Waals surface area contributed by atoms with Gasteiger partial charge in [0.05, 0.1) is 10.7 Å². The molecule has 0 spiro atoms. The fourth-order valence-electron chi connectivity index (χ4n) is 1.47. The summed E-state index contributed by atoms with van der Waals surface area (Å²) in [6, 6.07) is 7.40. The molecule has 0 bridgehead atoms. The number of hydrogen-bond acceptors (Lipinski definition) is 4. The number of nitrogen functional groups attached to an aromatic ring is 1. The zero-order valence-electron chi connectivity index (χ0n) is 9.85. The maximum Gasteiger partial charge on any atom is 0.131 e. The molecule has 0 aliphatic carbocycles. The van der Waals surface area contributed by atoms with Crippen LogP contribution >= 0.6 is 11.3 Å². The van der Waals surface area contributed by atoms with E-state index in [-0.39, 0.29) is 0 Å². The highest BCUT2D eigenvalue weighted by molar-refractivity contribution is 7.09. The maximum absolute atomic E-state index is 5.63. The summed E-state index contributed by atoms with van der Waals surface area (Å²) in [5, 5.41) is 3.24. The Morgan fingerprint density at radius 2 is 2.06 bits per heavy atom. The topological polar surface area (TPSA) is 48.1 Å². The summed E-state index contributed by atoms with van der Waals surface area (Å²) in [6.45, 7) is 2.68. The Bertz CT molecular complexity index is 465. The SMILES string of the molecule is CCCc1nc(COc2ccc(N)cc2)cs1. The van der Waals surface area contributed by atoms with Gasteiger partial charge in [0.25, 0.3) is 0 Å². The number of thiazole rings is 1. The third kappa shape index (κ3) is 3.46. The maximum atomic E-state index is 5.63. The van der Waals surface area contributed by atoms with Crippen LogP contribution in [0.1, 0.15) is 24.0 Å². The summed E-state index contributed by atoms with van der Waals surface area (Å²) in [5.41, 5.74) is 7.35. The number of rotatable bonds is 5. The number of aryl methyl sites for hydroxylation is 1. The van der Waals surface area contributed by atoms with Crippen LogP contribution in [0.2, 0.25) is 0 Å². The molecule has 2 rings (SSSR count). The number of anilines is 1. The third-order valence-electron chi connectivity index (χ3n) is 2.33. The molecule has 0 saturated heterocycles. The summed E-state index contributed by atoms with van der Waals surface area (Å²) in [5.74, 6) is 0.823. The summed E-state index contributed by atoms with van der Waals surface area (Å²) < 4.78 is 5.63. The summed E-state index contributed by atoms with van der Waals surface area (Å²) in [6.07, 6.45) is 2.18. The molecular weight excluding hydrogens is 232 g/mol. The van der Waals surface area contributed by atoms with Crippen LogP contribution < -0.4 is 10.5 Å². The normalized spacial score (nSPS) is 10.4. The van der Waals surface area contributed by atoms with Crippen molar-refractivity contribution in [3.8, 4) is 5.75 Å². The molecule has 0 aliphatic heterocycles. The molecule has 2 N–H and O–H groups in total. The van der Waals surface area contributed by atoms with Crippen LogP contribution in [-0.4, -0.2) is 4.98 Å². The quantitative estimate of drug-likeness (QED) is 0.826. The summed E-state index contributed by atoms with van der Waals surface area (Å²) in [7, 11) is 0. The van der Waals surface area contributed by atoms with Crippen molar-refractivity contribution in [3.05, 3.63) is 40.3 Å². The molecule has 1 heterocycles. The lowest BCUT2D eigenvalue weighted by Gasteiger charge is -2.03. The van der Waals surface area contributed by atoms with Gasteiger partial charge in [0.15, 0.2) is 0 Å². The molecule has 0 aliphatic rings. The van der Waals surface area contributed by atoms with Crippen molar-refractivity contribution >= 4 is 17.0 Å². The van der Waals surface area contributed by atoms with E-state index in [1.807, 2.05) is 24.3 Å². The fourth-order valence-corrected chi connectivity index (χ4v) is 2.35. The first-order valence-corrected chi connectivity index (χ1v) is 6.57. The smallest absolute Gasteiger partial charge is 0.131 e. The molecule has 3 nitrogen and oxygen atoms in total. The molecule has 0 radical (unpaired) electrons. The molecule has 17 heavy (non-hydrogen) atoms. The zero-order valence-corrected chi connectivity index (χ0v) is 10.7. The lowest BCUT2D eigenvalue weighted by atomic mass is 10.3. The molecule has 0 saturated carbocycles. The van der Waals surface area contributed by atoms with Crippen LogP contribution in [0.3, 0.4) is 0 Å². The highest BCUT2D eigenvalue weighted by atomic mass is 32.1. The van der Waals surface area contributed by atoms with Gasteiger partial charge in [-0.05, 0) is 37.1 Å². The van der Waals surface area contributed by atoms with Gasteiger partial charge in [0.1, 0.15) is 12.4 Å². The van der Waals surface area contributed by atoms with Crippen molar-refractivity contribution < 1.29 is 4.74 Å². The Labute approximate surface area is 105 Å². The van der Waals surface area contributed by atoms with Crippen molar-refractivity contribution in [2.24, 2.45) is 0 Å². The van der Waals surface area contributed by atoms with E-state index in [4.69, 9.17) is 10.5 Å². The molecule has 0 amide bonds. The molecule has 0 fully saturated rings. The molecule has 0 unspecified atom stereocenters. The van der Waals surface area contributed by atoms with Crippen LogP contribution in [0.25, 0.3) is 0 Å². The van der Waals surface area contributed by atoms with Gasteiger partial charge in [-0.2, -0.15) is 0 Å². The monoisotopic (exact) mass is 248 g/mol. The lowest BCUT2D eigenvalue weighted by molar-refractivity contribution is 0.302. The second-order valence-corrected chi connectivity index (χ2v) is 4.78. The molecule has 1 aromatic heterocycles. The predicted octanol–water partition coefficient (Wildman–Crippen LogP) is 3.26. The molecule has 4 heteroatoms. The first kappa shape index (κ1) is 11.9. The highest BCUT2D eigenvalue weighted by Gasteiger charge is 2.02. The van der Waals surface area contributed by atoms with Crippen LogP contribution in [0.15, 0.2) is 29.6 Å². The minimum absolute atomic E-state index is 0.518. The van der Waals surface area contributed by atoms with Crippen molar-refractivity contribution in [1.29, 1.82) is 0 Å². The van der Waals surface area contributed by atoms with Crippen molar-refractivity contribution in [2.75, 3.05) is 5.73 Å². The van der Waals surface area contributed by atoms with Crippen molar-refractivity contribution in [2.45, 2.75) is 26.4 Å². The average molecular weight is 248 g/mol. The van der Waals surface area contributed by atoms with E-state index >= 15 is 0 Å². The minimum atomic E-state index is 0.518. The van der Waals surface area contributed by atoms with E-state index < -0.39 is 0 Å². The summed E-state index contributed by atoms with van der Waals surface area (Å²) >= 11 is 1.70. The van der Waals surface area contributed by atoms with Gasteiger partial charge in [0.2, 0.25) is 0 Å². The fraction of sp³-hybridized carbons (Fsp3) is 0.308. The van der Waals surface area contributed by atoms with E-state index in [9.17, 15) is 0 Å². The number of benzene rings is 1. The number of hydrogen-bond donors (Lipinski definition) is 1. The van der Waals surface area contributed by atoms with E-state index in [1.54, 1.807) is 11.3 Å². The number of nitrogens with two attached hydrogens (primary N) is 1. The van der Waals surface area contributed by atoms with Gasteiger partial charge >= 0.3 is 0 Å². The number of aromatic nitrogens is 1. The van der Waals surface area contributed by atoms with Crippen LogP contribution in [0, 0.1) is 0 Å². The van der Waals surface area contributed by atoms with Crippen LogP contribution in [-0.2, 0) is 13.0 Å². The van der Waals surface area contributed by atoms with Crippen LogP contribution in [0.4, 0.5) is 5.69 Å². The van der Waals surface area contributed by atoms with Crippen molar-refractivity contribution in [3.63, 3.8) is 0 Å². The number of ether oxygens (including phenoxy) is 1. The van der Waals surface area contributed by atoms with Gasteiger partial charge in [0, 0.05) is 11.1 Å². The Morgan fingerprint density at radius 3 is 2.76 bits per heavy atom. The standard InChI is InChI=1S/C13H16N2OS/c1-2-3-13-15-11(9-17-13)8-16-12-6-4-10(14)5-7-12/h4-7,9H,2-3,8,14H2,1H3. The predicted molar refractivity (Wildman–Crippen MR) is 71.3 cm³/mol. The third-order valence-corrected chi connectivity index (χ3v) is 3.29. The van der Waals surface area contributed by atoms with E-state index in [0.717, 1.165) is 30.0 Å². The van der Waals surface area contributed by atoms with Gasteiger partial charge in [-0.1, -0.05) is 6.92 Å². The van der Waals surface area contributed by atoms with Gasteiger partial charge < -0.3 is 10.5 Å². The van der Waals surface area contributed by atoms with Gasteiger partial charge in [-0.15, -0.1) is 11.3 Å². The Morgan fingerprint density at radius 1 is 1.29 bits per heavy atom. The Hall–Kier alpha value is -1.55. The minimum Gasteiger partial charge on any atom is -0.487 e. The van der Waals surface area contributed by atoms with E-state index in [0.29, 0.717) is 6.61 Å². The van der Waals surface area contributed by atoms with E-state index in [2.05, 4.69) is 17.3 Å². The van der Waals surface area contributed by atoms with Crippen LogP contribution in [0.5, 0.6) is 5.75 Å². The van der Waals surface area contributed by atoms with Gasteiger partial charge in [-0.25, -0.2) is 4.98 Å². The Kier molecular flexibility index (Phi) is 3.98. The second kappa shape index (κ2) is 5.68. The van der Waals surface area contributed by atoms with E-state index in [1.165, 1.54) is 5.01 Å². The molecule has 1 aromatic carbocycles. The average Bonchev–Trinajstić information content (AvgIpc) is 2.77. The van der Waals surface area contributed by atoms with Crippen molar-refractivity contribution in [1.82, 2.24) is 4.98 Å². The van der Waals surface area contributed by atoms with Gasteiger partial charge in [-0.3, -0.25) is 0 Å². The first-order chi connectivity index (χ1) is 8.28. The molecule has 90 valence electrons. The molecule has 2 aromatic rings. The molecular formula is C13H16N2OS. The Balaban J connectivity index is 1.90. The highest BCUT2D eigenvalue weighted by Crippen LogP contribution is 2.16. The number of nitrogens with zero attached hydrogens (tertiary/aromatic N) is 1.